The van der Waals surface area contributed by atoms with Gasteiger partial charge in [0.1, 0.15) is 0 Å². The lowest BCUT2D eigenvalue weighted by Crippen LogP contribution is -2.15. The first-order valence-electron chi connectivity index (χ1n) is 8.12. The maximum atomic E-state index is 12.1. The molecule has 0 N–H and O–H groups in total. The zero-order valence-corrected chi connectivity index (χ0v) is 14.4. The number of carbonyl (C=O) groups is 2. The van der Waals surface area contributed by atoms with Gasteiger partial charge >= 0.3 is 11.9 Å². The quantitative estimate of drug-likeness (QED) is 0.431. The van der Waals surface area contributed by atoms with Gasteiger partial charge in [-0.1, -0.05) is 12.1 Å². The molecule has 0 aliphatic heterocycles. The van der Waals surface area contributed by atoms with Crippen molar-refractivity contribution in [3.05, 3.63) is 35.4 Å². The highest BCUT2D eigenvalue weighted by molar-refractivity contribution is 6.03. The van der Waals surface area contributed by atoms with Gasteiger partial charge in [0.25, 0.3) is 0 Å². The molecule has 134 valence electrons. The molecule has 0 fully saturated rings. The molecule has 0 atom stereocenters. The smallest absolute Gasteiger partial charge is 0.339 e. The van der Waals surface area contributed by atoms with Crippen LogP contribution in [0.2, 0.25) is 0 Å². The van der Waals surface area contributed by atoms with Gasteiger partial charge in [0, 0.05) is 27.4 Å². The molecule has 0 aliphatic rings. The van der Waals surface area contributed by atoms with E-state index >= 15 is 0 Å². The van der Waals surface area contributed by atoms with Crippen LogP contribution >= 0.6 is 0 Å². The summed E-state index contributed by atoms with van der Waals surface area (Å²) in [6, 6.07) is 6.52. The SMILES string of the molecule is COCCCCOC(=O)c1ccccc1C(=O)OCCCCOC. The van der Waals surface area contributed by atoms with E-state index < -0.39 is 11.9 Å². The minimum atomic E-state index is -0.514. The summed E-state index contributed by atoms with van der Waals surface area (Å²) < 4.78 is 20.3. The standard InChI is InChI=1S/C18H26O6/c1-21-11-5-7-13-23-17(19)15-9-3-4-10-16(15)18(20)24-14-8-6-12-22-2/h3-4,9-10H,5-8,11-14H2,1-2H3. The van der Waals surface area contributed by atoms with E-state index in [0.29, 0.717) is 39.3 Å². The van der Waals surface area contributed by atoms with Gasteiger partial charge < -0.3 is 18.9 Å². The lowest BCUT2D eigenvalue weighted by molar-refractivity contribution is 0.0442. The van der Waals surface area contributed by atoms with Gasteiger partial charge in [-0.2, -0.15) is 0 Å². The average Bonchev–Trinajstić information content (AvgIpc) is 2.61. The van der Waals surface area contributed by atoms with Crippen LogP contribution in [0.5, 0.6) is 0 Å². The van der Waals surface area contributed by atoms with Crippen LogP contribution in [0.15, 0.2) is 24.3 Å². The van der Waals surface area contributed by atoms with Crippen molar-refractivity contribution >= 4 is 11.9 Å². The summed E-state index contributed by atoms with van der Waals surface area (Å²) in [6.07, 6.45) is 3.06. The van der Waals surface area contributed by atoms with Gasteiger partial charge in [0.05, 0.1) is 24.3 Å². The first-order chi connectivity index (χ1) is 11.7. The summed E-state index contributed by atoms with van der Waals surface area (Å²) in [7, 11) is 3.26. The molecular formula is C18H26O6. The maximum Gasteiger partial charge on any atom is 0.339 e. The number of esters is 2. The summed E-state index contributed by atoms with van der Waals surface area (Å²) in [5, 5.41) is 0. The first kappa shape index (κ1) is 20.1. The molecule has 1 aromatic rings. The Labute approximate surface area is 143 Å². The van der Waals surface area contributed by atoms with Crippen molar-refractivity contribution in [1.82, 2.24) is 0 Å². The lowest BCUT2D eigenvalue weighted by atomic mass is 10.1. The zero-order valence-electron chi connectivity index (χ0n) is 14.4. The van der Waals surface area contributed by atoms with Gasteiger partial charge in [-0.3, -0.25) is 0 Å². The molecule has 0 saturated carbocycles. The zero-order chi connectivity index (χ0) is 17.6. The van der Waals surface area contributed by atoms with Crippen LogP contribution in [-0.4, -0.2) is 52.6 Å². The van der Waals surface area contributed by atoms with E-state index in [4.69, 9.17) is 18.9 Å². The number of rotatable bonds is 12. The molecule has 1 aromatic carbocycles. The van der Waals surface area contributed by atoms with E-state index in [1.165, 1.54) is 0 Å². The fourth-order valence-electron chi connectivity index (χ4n) is 2.02. The molecule has 0 saturated heterocycles. The van der Waals surface area contributed by atoms with Crippen LogP contribution in [-0.2, 0) is 18.9 Å². The van der Waals surface area contributed by atoms with Crippen LogP contribution < -0.4 is 0 Å². The van der Waals surface area contributed by atoms with Crippen molar-refractivity contribution in [2.45, 2.75) is 25.7 Å². The van der Waals surface area contributed by atoms with Crippen molar-refractivity contribution in [3.63, 3.8) is 0 Å². The molecule has 0 bridgehead atoms. The minimum absolute atomic E-state index is 0.228. The number of hydrogen-bond acceptors (Lipinski definition) is 6. The Kier molecular flexibility index (Phi) is 10.5. The van der Waals surface area contributed by atoms with Gasteiger partial charge in [0.15, 0.2) is 0 Å². The predicted octanol–water partition coefficient (Wildman–Crippen LogP) is 2.85. The number of hydrogen-bond donors (Lipinski definition) is 0. The first-order valence-corrected chi connectivity index (χ1v) is 8.12. The fraction of sp³-hybridized carbons (Fsp3) is 0.556. The second kappa shape index (κ2) is 12.5. The van der Waals surface area contributed by atoms with Gasteiger partial charge in [0.2, 0.25) is 0 Å². The van der Waals surface area contributed by atoms with E-state index in [1.807, 2.05) is 0 Å². The highest BCUT2D eigenvalue weighted by Gasteiger charge is 2.18. The molecule has 1 rings (SSSR count). The Morgan fingerprint density at radius 3 is 1.46 bits per heavy atom. The Balaban J connectivity index is 2.50. The summed E-state index contributed by atoms with van der Waals surface area (Å²) in [5.41, 5.74) is 0.456. The molecule has 0 heterocycles. The fourth-order valence-corrected chi connectivity index (χ4v) is 2.02. The molecule has 6 nitrogen and oxygen atoms in total. The third kappa shape index (κ3) is 7.57. The summed E-state index contributed by atoms with van der Waals surface area (Å²) in [6.45, 7) is 1.85. The maximum absolute atomic E-state index is 12.1. The topological polar surface area (TPSA) is 71.1 Å². The molecule has 0 unspecified atom stereocenters. The van der Waals surface area contributed by atoms with Crippen LogP contribution in [0.25, 0.3) is 0 Å². The Bertz CT molecular complexity index is 455. The molecule has 0 aliphatic carbocycles. The third-order valence-electron chi connectivity index (χ3n) is 3.32. The van der Waals surface area contributed by atoms with E-state index in [9.17, 15) is 9.59 Å². The second-order valence-corrected chi connectivity index (χ2v) is 5.22. The van der Waals surface area contributed by atoms with Gasteiger partial charge in [-0.25, -0.2) is 9.59 Å². The summed E-state index contributed by atoms with van der Waals surface area (Å²) in [4.78, 5) is 24.3. The average molecular weight is 338 g/mol. The highest BCUT2D eigenvalue weighted by atomic mass is 16.5. The molecule has 0 spiro atoms. The second-order valence-electron chi connectivity index (χ2n) is 5.22. The largest absolute Gasteiger partial charge is 0.462 e. The Morgan fingerprint density at radius 2 is 1.08 bits per heavy atom. The van der Waals surface area contributed by atoms with E-state index in [-0.39, 0.29) is 11.1 Å². The summed E-state index contributed by atoms with van der Waals surface area (Å²) >= 11 is 0. The van der Waals surface area contributed by atoms with Crippen molar-refractivity contribution in [2.75, 3.05) is 40.6 Å². The van der Waals surface area contributed by atoms with Gasteiger partial charge in [-0.05, 0) is 37.8 Å². The van der Waals surface area contributed by atoms with Crippen LogP contribution in [0.1, 0.15) is 46.4 Å². The number of benzene rings is 1. The molecule has 0 aromatic heterocycles. The molecule has 6 heteroatoms. The van der Waals surface area contributed by atoms with Crippen molar-refractivity contribution in [2.24, 2.45) is 0 Å². The molecule has 0 radical (unpaired) electrons. The van der Waals surface area contributed by atoms with E-state index in [0.717, 1.165) is 12.8 Å². The van der Waals surface area contributed by atoms with E-state index in [2.05, 4.69) is 0 Å². The number of carbonyl (C=O) groups excluding carboxylic acids is 2. The van der Waals surface area contributed by atoms with Crippen LogP contribution in [0, 0.1) is 0 Å². The van der Waals surface area contributed by atoms with E-state index in [1.54, 1.807) is 38.5 Å². The van der Waals surface area contributed by atoms with Crippen molar-refractivity contribution in [3.8, 4) is 0 Å². The van der Waals surface area contributed by atoms with Crippen molar-refractivity contribution < 1.29 is 28.5 Å². The third-order valence-corrected chi connectivity index (χ3v) is 3.32. The van der Waals surface area contributed by atoms with Crippen LogP contribution in [0.3, 0.4) is 0 Å². The highest BCUT2D eigenvalue weighted by Crippen LogP contribution is 2.12. The molecule has 0 amide bonds. The van der Waals surface area contributed by atoms with Gasteiger partial charge in [-0.15, -0.1) is 0 Å². The normalized spacial score (nSPS) is 10.4. The predicted molar refractivity (Wildman–Crippen MR) is 89.2 cm³/mol. The lowest BCUT2D eigenvalue weighted by Gasteiger charge is -2.10. The minimum Gasteiger partial charge on any atom is -0.462 e. The number of methoxy groups -OCH3 is 2. The number of ether oxygens (including phenoxy) is 4. The van der Waals surface area contributed by atoms with Crippen LogP contribution in [0.4, 0.5) is 0 Å². The Hall–Kier alpha value is -1.92. The number of unbranched alkanes of at least 4 members (excludes halogenated alkanes) is 2. The molecule has 24 heavy (non-hydrogen) atoms. The summed E-state index contributed by atoms with van der Waals surface area (Å²) in [5.74, 6) is -1.03. The Morgan fingerprint density at radius 1 is 0.708 bits per heavy atom. The van der Waals surface area contributed by atoms with Crippen molar-refractivity contribution in [1.29, 1.82) is 0 Å². The monoisotopic (exact) mass is 338 g/mol. The molecular weight excluding hydrogens is 312 g/mol.